The molecule has 1 amide bonds. The highest BCUT2D eigenvalue weighted by Gasteiger charge is 2.25. The summed E-state index contributed by atoms with van der Waals surface area (Å²) in [4.78, 5) is 17.3. The van der Waals surface area contributed by atoms with Crippen LogP contribution in [-0.2, 0) is 0 Å². The van der Waals surface area contributed by atoms with E-state index in [9.17, 15) is 9.90 Å². The summed E-state index contributed by atoms with van der Waals surface area (Å²) in [5.41, 5.74) is 0.0212. The van der Waals surface area contributed by atoms with Gasteiger partial charge < -0.3 is 10.0 Å². The Morgan fingerprint density at radius 3 is 2.25 bits per heavy atom. The molecule has 1 N–H and O–H groups in total. The van der Waals surface area contributed by atoms with Gasteiger partial charge in [-0.2, -0.15) is 0 Å². The molecule has 110 valence electrons. The normalized spacial score (nSPS) is 17.3. The molecule has 1 aliphatic rings. The molecule has 0 atom stereocenters. The van der Waals surface area contributed by atoms with Gasteiger partial charge in [0, 0.05) is 43.2 Å². The Hall–Kier alpha value is -1.04. The maximum Gasteiger partial charge on any atom is 0.253 e. The minimum atomic E-state index is -0.686. The smallest absolute Gasteiger partial charge is 0.253 e. The van der Waals surface area contributed by atoms with Gasteiger partial charge in [-0.25, -0.2) is 0 Å². The van der Waals surface area contributed by atoms with Crippen LogP contribution in [0.3, 0.4) is 0 Å². The molecule has 1 aromatic rings. The number of carbonyl (C=O) groups is 1. The molecule has 1 aromatic carbocycles. The largest absolute Gasteiger partial charge is 0.389 e. The topological polar surface area (TPSA) is 43.8 Å². The Bertz CT molecular complexity index is 460. The second-order valence-corrected chi connectivity index (χ2v) is 6.44. The number of β-amino-alcohol motifs (C(OH)–C–C–N with tert-alkyl or cyclic N) is 1. The first-order chi connectivity index (χ1) is 9.35. The Morgan fingerprint density at radius 1 is 1.20 bits per heavy atom. The summed E-state index contributed by atoms with van der Waals surface area (Å²) in [6.45, 7) is 7.28. The standard InChI is InChI=1S/C15H22N2O2S/c1-15(2,19)11-16-7-9-17(10-8-16)14(18)12-3-5-13(20)6-4-12/h3-6,19-20H,7-11H2,1-2H3. The molecular formula is C15H22N2O2S. The van der Waals surface area contributed by atoms with Gasteiger partial charge in [0.15, 0.2) is 0 Å². The lowest BCUT2D eigenvalue weighted by Crippen LogP contribution is -2.51. The Kier molecular flexibility index (Phi) is 4.73. The van der Waals surface area contributed by atoms with E-state index in [1.807, 2.05) is 43.0 Å². The lowest BCUT2D eigenvalue weighted by atomic mass is 10.1. The lowest BCUT2D eigenvalue weighted by molar-refractivity contribution is 0.0178. The van der Waals surface area contributed by atoms with Crippen LogP contribution in [0.15, 0.2) is 29.2 Å². The van der Waals surface area contributed by atoms with Crippen molar-refractivity contribution in [3.63, 3.8) is 0 Å². The SMILES string of the molecule is CC(C)(O)CN1CCN(C(=O)c2ccc(S)cc2)CC1. The van der Waals surface area contributed by atoms with Crippen LogP contribution in [0.5, 0.6) is 0 Å². The van der Waals surface area contributed by atoms with Crippen molar-refractivity contribution in [1.82, 2.24) is 9.80 Å². The molecule has 1 fully saturated rings. The van der Waals surface area contributed by atoms with Gasteiger partial charge in [0.05, 0.1) is 5.60 Å². The first-order valence-electron chi connectivity index (χ1n) is 6.88. The zero-order chi connectivity index (χ0) is 14.8. The number of aliphatic hydroxyl groups is 1. The summed E-state index contributed by atoms with van der Waals surface area (Å²) in [6.07, 6.45) is 0. The van der Waals surface area contributed by atoms with E-state index in [4.69, 9.17) is 0 Å². The fraction of sp³-hybridized carbons (Fsp3) is 0.533. The van der Waals surface area contributed by atoms with E-state index >= 15 is 0 Å². The first kappa shape index (κ1) is 15.4. The third-order valence-corrected chi connectivity index (χ3v) is 3.68. The van der Waals surface area contributed by atoms with Crippen LogP contribution in [0.1, 0.15) is 24.2 Å². The molecule has 4 nitrogen and oxygen atoms in total. The van der Waals surface area contributed by atoms with Crippen LogP contribution < -0.4 is 0 Å². The number of rotatable bonds is 3. The zero-order valence-corrected chi connectivity index (χ0v) is 12.9. The summed E-state index contributed by atoms with van der Waals surface area (Å²) in [6, 6.07) is 7.30. The van der Waals surface area contributed by atoms with Crippen LogP contribution >= 0.6 is 12.6 Å². The van der Waals surface area contributed by atoms with Crippen molar-refractivity contribution >= 4 is 18.5 Å². The molecule has 0 unspecified atom stereocenters. The molecule has 1 heterocycles. The van der Waals surface area contributed by atoms with E-state index in [0.717, 1.165) is 18.0 Å². The molecule has 1 aliphatic heterocycles. The van der Waals surface area contributed by atoms with Crippen molar-refractivity contribution in [2.75, 3.05) is 32.7 Å². The third kappa shape index (κ3) is 4.23. The fourth-order valence-corrected chi connectivity index (χ4v) is 2.59. The van der Waals surface area contributed by atoms with E-state index in [2.05, 4.69) is 17.5 Å². The quantitative estimate of drug-likeness (QED) is 0.831. The summed E-state index contributed by atoms with van der Waals surface area (Å²) < 4.78 is 0. The van der Waals surface area contributed by atoms with Crippen molar-refractivity contribution in [3.05, 3.63) is 29.8 Å². The van der Waals surface area contributed by atoms with Gasteiger partial charge >= 0.3 is 0 Å². The van der Waals surface area contributed by atoms with Crippen molar-refractivity contribution in [2.24, 2.45) is 0 Å². The second-order valence-electron chi connectivity index (χ2n) is 5.93. The predicted molar refractivity (Wildman–Crippen MR) is 82.3 cm³/mol. The summed E-state index contributed by atoms with van der Waals surface area (Å²) in [5.74, 6) is 0.0706. The monoisotopic (exact) mass is 294 g/mol. The van der Waals surface area contributed by atoms with Gasteiger partial charge in [0.25, 0.3) is 5.91 Å². The van der Waals surface area contributed by atoms with E-state index in [-0.39, 0.29) is 5.91 Å². The second kappa shape index (κ2) is 6.16. The molecule has 0 spiro atoms. The number of thiol groups is 1. The van der Waals surface area contributed by atoms with Crippen molar-refractivity contribution in [1.29, 1.82) is 0 Å². The number of benzene rings is 1. The minimum absolute atomic E-state index is 0.0706. The summed E-state index contributed by atoms with van der Waals surface area (Å²) in [7, 11) is 0. The highest BCUT2D eigenvalue weighted by atomic mass is 32.1. The number of piperazine rings is 1. The van der Waals surface area contributed by atoms with Crippen LogP contribution in [0.2, 0.25) is 0 Å². The van der Waals surface area contributed by atoms with Gasteiger partial charge in [0.1, 0.15) is 0 Å². The van der Waals surface area contributed by atoms with E-state index < -0.39 is 5.60 Å². The fourth-order valence-electron chi connectivity index (χ4n) is 2.44. The van der Waals surface area contributed by atoms with Crippen LogP contribution in [-0.4, -0.2) is 59.1 Å². The molecule has 20 heavy (non-hydrogen) atoms. The third-order valence-electron chi connectivity index (χ3n) is 3.38. The van der Waals surface area contributed by atoms with Gasteiger partial charge in [-0.3, -0.25) is 9.69 Å². The maximum atomic E-state index is 12.3. The zero-order valence-electron chi connectivity index (χ0n) is 12.0. The van der Waals surface area contributed by atoms with Crippen molar-refractivity contribution in [2.45, 2.75) is 24.3 Å². The van der Waals surface area contributed by atoms with Crippen LogP contribution in [0, 0.1) is 0 Å². The molecule has 1 saturated heterocycles. The maximum absolute atomic E-state index is 12.3. The van der Waals surface area contributed by atoms with Gasteiger partial charge in [-0.15, -0.1) is 12.6 Å². The average Bonchev–Trinajstić information content (AvgIpc) is 2.38. The summed E-state index contributed by atoms with van der Waals surface area (Å²) in [5, 5.41) is 9.82. The van der Waals surface area contributed by atoms with E-state index in [1.54, 1.807) is 0 Å². The van der Waals surface area contributed by atoms with Crippen LogP contribution in [0.4, 0.5) is 0 Å². The Labute approximate surface area is 125 Å². The predicted octanol–water partition coefficient (Wildman–Crippen LogP) is 1.50. The molecule has 0 bridgehead atoms. The number of amides is 1. The van der Waals surface area contributed by atoms with Crippen molar-refractivity contribution in [3.8, 4) is 0 Å². The van der Waals surface area contributed by atoms with Gasteiger partial charge in [-0.1, -0.05) is 0 Å². The Balaban J connectivity index is 1.90. The van der Waals surface area contributed by atoms with E-state index in [1.165, 1.54) is 0 Å². The highest BCUT2D eigenvalue weighted by molar-refractivity contribution is 7.80. The molecule has 5 heteroatoms. The molecule has 0 radical (unpaired) electrons. The van der Waals surface area contributed by atoms with Crippen molar-refractivity contribution < 1.29 is 9.90 Å². The van der Waals surface area contributed by atoms with E-state index in [0.29, 0.717) is 25.2 Å². The average molecular weight is 294 g/mol. The minimum Gasteiger partial charge on any atom is -0.389 e. The molecule has 0 aromatic heterocycles. The van der Waals surface area contributed by atoms with Crippen LogP contribution in [0.25, 0.3) is 0 Å². The number of nitrogens with zero attached hydrogens (tertiary/aromatic N) is 2. The number of hydrogen-bond acceptors (Lipinski definition) is 4. The van der Waals surface area contributed by atoms with Gasteiger partial charge in [0.2, 0.25) is 0 Å². The number of carbonyl (C=O) groups excluding carboxylic acids is 1. The van der Waals surface area contributed by atoms with Gasteiger partial charge in [-0.05, 0) is 38.1 Å². The molecular weight excluding hydrogens is 272 g/mol. The Morgan fingerprint density at radius 2 is 1.75 bits per heavy atom. The molecule has 0 aliphatic carbocycles. The summed E-state index contributed by atoms with van der Waals surface area (Å²) >= 11 is 4.22. The first-order valence-corrected chi connectivity index (χ1v) is 7.33. The number of hydrogen-bond donors (Lipinski definition) is 2. The lowest BCUT2D eigenvalue weighted by Gasteiger charge is -2.37. The molecule has 2 rings (SSSR count). The highest BCUT2D eigenvalue weighted by Crippen LogP contribution is 2.13. The molecule has 0 saturated carbocycles.